The number of amides is 3. The van der Waals surface area contributed by atoms with E-state index in [1.54, 1.807) is 0 Å². The molecule has 0 radical (unpaired) electrons. The maximum atomic E-state index is 11.8. The summed E-state index contributed by atoms with van der Waals surface area (Å²) in [7, 11) is 0. The largest absolute Gasteiger partial charge is 0.480 e. The average molecular weight is 320 g/mol. The molecule has 0 saturated heterocycles. The normalized spacial score (nSPS) is 14.4. The zero-order valence-corrected chi connectivity index (χ0v) is 11.9. The van der Waals surface area contributed by atoms with Gasteiger partial charge >= 0.3 is 5.97 Å². The first-order valence-corrected chi connectivity index (χ1v) is 6.31. The summed E-state index contributed by atoms with van der Waals surface area (Å²) >= 11 is 0. The van der Waals surface area contributed by atoms with Crippen LogP contribution in [0.4, 0.5) is 0 Å². The van der Waals surface area contributed by atoms with Crippen molar-refractivity contribution >= 4 is 23.7 Å². The van der Waals surface area contributed by atoms with Gasteiger partial charge in [-0.15, -0.1) is 0 Å². The molecule has 0 aliphatic rings. The van der Waals surface area contributed by atoms with Gasteiger partial charge in [-0.2, -0.15) is 0 Å². The number of nitrogens with one attached hydrogen (secondary N) is 3. The quantitative estimate of drug-likeness (QED) is 0.221. The van der Waals surface area contributed by atoms with E-state index in [9.17, 15) is 19.2 Å². The molecule has 0 heterocycles. The van der Waals surface area contributed by atoms with Gasteiger partial charge in [-0.1, -0.05) is 0 Å². The lowest BCUT2D eigenvalue weighted by Gasteiger charge is -2.20. The Morgan fingerprint density at radius 2 is 1.50 bits per heavy atom. The van der Waals surface area contributed by atoms with Crippen LogP contribution in [0.25, 0.3) is 0 Å². The van der Waals surface area contributed by atoms with Crippen LogP contribution in [0.15, 0.2) is 0 Å². The molecule has 0 saturated carbocycles. The lowest BCUT2D eigenvalue weighted by molar-refractivity contribution is -0.143. The first-order chi connectivity index (χ1) is 10.3. The molecule has 11 nitrogen and oxygen atoms in total. The maximum absolute atomic E-state index is 11.8. The smallest absolute Gasteiger partial charge is 0.328 e. The molecule has 3 amide bonds. The molecule has 8 N–H and O–H groups in total. The van der Waals surface area contributed by atoms with Crippen LogP contribution in [0.5, 0.6) is 0 Å². The molecule has 11 heteroatoms. The van der Waals surface area contributed by atoms with Crippen LogP contribution in [0, 0.1) is 0 Å². The van der Waals surface area contributed by atoms with E-state index in [1.807, 2.05) is 5.32 Å². The molecule has 22 heavy (non-hydrogen) atoms. The molecule has 0 aliphatic carbocycles. The van der Waals surface area contributed by atoms with Crippen molar-refractivity contribution in [2.45, 2.75) is 25.0 Å². The Labute approximate surface area is 125 Å². The Kier molecular flexibility index (Phi) is 8.67. The Morgan fingerprint density at radius 3 is 1.91 bits per heavy atom. The van der Waals surface area contributed by atoms with Crippen LogP contribution in [0.3, 0.4) is 0 Å². The molecule has 3 atom stereocenters. The Morgan fingerprint density at radius 1 is 0.955 bits per heavy atom. The summed E-state index contributed by atoms with van der Waals surface area (Å²) in [6, 6.07) is -3.94. The molecule has 0 rings (SSSR count). The summed E-state index contributed by atoms with van der Waals surface area (Å²) in [5.74, 6) is -3.80. The number of hydrogen-bond donors (Lipinski definition) is 7. The lowest BCUT2D eigenvalue weighted by Crippen LogP contribution is -2.56. The summed E-state index contributed by atoms with van der Waals surface area (Å²) in [5, 5.41) is 32.8. The number of hydrogen-bond acceptors (Lipinski definition) is 7. The predicted molar refractivity (Wildman–Crippen MR) is 72.3 cm³/mol. The molecule has 0 fully saturated rings. The minimum atomic E-state index is -1.50. The Balaban J connectivity index is 4.58. The second-order valence-corrected chi connectivity index (χ2v) is 4.32. The number of carbonyl (C=O) groups excluding carboxylic acids is 3. The number of aliphatic carboxylic acids is 1. The van der Waals surface area contributed by atoms with Crippen LogP contribution in [0.1, 0.15) is 6.92 Å². The van der Waals surface area contributed by atoms with Gasteiger partial charge in [0.2, 0.25) is 17.7 Å². The van der Waals surface area contributed by atoms with Gasteiger partial charge in [-0.3, -0.25) is 14.4 Å². The number of carboxylic acids is 1. The van der Waals surface area contributed by atoms with Gasteiger partial charge < -0.3 is 37.0 Å². The molecule has 0 aromatic carbocycles. The Hall–Kier alpha value is -2.24. The molecular formula is C11H20N4O7. The van der Waals surface area contributed by atoms with E-state index in [0.717, 1.165) is 0 Å². The van der Waals surface area contributed by atoms with Crippen LogP contribution in [-0.2, 0) is 19.2 Å². The van der Waals surface area contributed by atoms with Gasteiger partial charge in [0.05, 0.1) is 19.8 Å². The average Bonchev–Trinajstić information content (AvgIpc) is 2.48. The van der Waals surface area contributed by atoms with Crippen molar-refractivity contribution in [3.8, 4) is 0 Å². The number of carbonyl (C=O) groups is 4. The fraction of sp³-hybridized carbons (Fsp3) is 0.636. The highest BCUT2D eigenvalue weighted by Crippen LogP contribution is 1.91. The minimum Gasteiger partial charge on any atom is -0.480 e. The van der Waals surface area contributed by atoms with Gasteiger partial charge in [0.1, 0.15) is 18.1 Å². The third-order valence-corrected chi connectivity index (χ3v) is 2.57. The fourth-order valence-electron chi connectivity index (χ4n) is 1.31. The third kappa shape index (κ3) is 6.47. The first kappa shape index (κ1) is 19.8. The van der Waals surface area contributed by atoms with Gasteiger partial charge in [0.15, 0.2) is 0 Å². The maximum Gasteiger partial charge on any atom is 0.328 e. The number of nitrogens with two attached hydrogens (primary N) is 1. The van der Waals surface area contributed by atoms with Crippen LogP contribution in [0.2, 0.25) is 0 Å². The molecular weight excluding hydrogens is 300 g/mol. The van der Waals surface area contributed by atoms with E-state index >= 15 is 0 Å². The predicted octanol–water partition coefficient (Wildman–Crippen LogP) is -4.51. The first-order valence-electron chi connectivity index (χ1n) is 6.31. The van der Waals surface area contributed by atoms with Crippen molar-refractivity contribution in [3.63, 3.8) is 0 Å². The zero-order chi connectivity index (χ0) is 17.3. The monoisotopic (exact) mass is 320 g/mol. The summed E-state index contributed by atoms with van der Waals surface area (Å²) in [6.07, 6.45) is 0. The minimum absolute atomic E-state index is 0.378. The molecule has 0 aromatic rings. The Bertz CT molecular complexity index is 429. The highest BCUT2D eigenvalue weighted by atomic mass is 16.4. The highest BCUT2D eigenvalue weighted by molar-refractivity contribution is 5.93. The van der Waals surface area contributed by atoms with E-state index in [2.05, 4.69) is 10.6 Å². The molecule has 126 valence electrons. The fourth-order valence-corrected chi connectivity index (χ4v) is 1.31. The second-order valence-electron chi connectivity index (χ2n) is 4.32. The highest BCUT2D eigenvalue weighted by Gasteiger charge is 2.26. The molecule has 3 unspecified atom stereocenters. The van der Waals surface area contributed by atoms with Gasteiger partial charge in [0, 0.05) is 0 Å². The summed E-state index contributed by atoms with van der Waals surface area (Å²) < 4.78 is 0. The number of aliphatic hydroxyl groups is 2. The van der Waals surface area contributed by atoms with E-state index in [-0.39, 0.29) is 6.54 Å². The summed E-state index contributed by atoms with van der Waals surface area (Å²) in [6.45, 7) is -0.632. The van der Waals surface area contributed by atoms with Crippen molar-refractivity contribution in [2.24, 2.45) is 5.73 Å². The van der Waals surface area contributed by atoms with Crippen molar-refractivity contribution in [3.05, 3.63) is 0 Å². The summed E-state index contributed by atoms with van der Waals surface area (Å²) in [4.78, 5) is 45.2. The van der Waals surface area contributed by atoms with Gasteiger partial charge in [-0.25, -0.2) is 4.79 Å². The zero-order valence-electron chi connectivity index (χ0n) is 11.9. The van der Waals surface area contributed by atoms with Crippen molar-refractivity contribution < 1.29 is 34.5 Å². The number of rotatable bonds is 9. The number of aliphatic hydroxyl groups excluding tert-OH is 2. The SMILES string of the molecule is CC(NC(=O)C(CO)NC(=O)CN)C(=O)NC(CO)C(=O)O. The molecule has 0 bridgehead atoms. The van der Waals surface area contributed by atoms with Gasteiger partial charge in [-0.05, 0) is 6.92 Å². The van der Waals surface area contributed by atoms with Gasteiger partial charge in [0.25, 0.3) is 0 Å². The van der Waals surface area contributed by atoms with Crippen molar-refractivity contribution in [1.82, 2.24) is 16.0 Å². The number of carboxylic acid groups (broad SMARTS) is 1. The molecule has 0 aromatic heterocycles. The van der Waals surface area contributed by atoms with Crippen molar-refractivity contribution in [1.29, 1.82) is 0 Å². The second kappa shape index (κ2) is 9.65. The van der Waals surface area contributed by atoms with E-state index in [0.29, 0.717) is 0 Å². The van der Waals surface area contributed by atoms with Crippen LogP contribution in [-0.4, -0.2) is 76.9 Å². The molecule has 0 spiro atoms. The van der Waals surface area contributed by atoms with Crippen LogP contribution >= 0.6 is 0 Å². The van der Waals surface area contributed by atoms with E-state index < -0.39 is 55.0 Å². The summed E-state index contributed by atoms with van der Waals surface area (Å²) in [5.41, 5.74) is 5.05. The third-order valence-electron chi connectivity index (χ3n) is 2.57. The lowest BCUT2D eigenvalue weighted by atomic mass is 10.2. The van der Waals surface area contributed by atoms with E-state index in [4.69, 9.17) is 21.1 Å². The standard InChI is InChI=1S/C11H20N4O7/c1-5(9(19)15-7(4-17)11(21)22)13-10(20)6(3-16)14-8(18)2-12/h5-7,16-17H,2-4,12H2,1H3,(H,13,20)(H,14,18)(H,15,19)(H,21,22). The van der Waals surface area contributed by atoms with Crippen LogP contribution < -0.4 is 21.7 Å². The topological polar surface area (TPSA) is 191 Å². The van der Waals surface area contributed by atoms with Crippen molar-refractivity contribution in [2.75, 3.05) is 19.8 Å². The molecule has 0 aliphatic heterocycles. The van der Waals surface area contributed by atoms with E-state index in [1.165, 1.54) is 6.92 Å².